The number of aryl methyl sites for hydroxylation is 1. The zero-order valence-electron chi connectivity index (χ0n) is 8.40. The van der Waals surface area contributed by atoms with Crippen molar-refractivity contribution >= 4 is 5.91 Å². The Morgan fingerprint density at radius 1 is 1.67 bits per heavy atom. The summed E-state index contributed by atoms with van der Waals surface area (Å²) in [6, 6.07) is 0. The van der Waals surface area contributed by atoms with Crippen LogP contribution in [0.3, 0.4) is 0 Å². The monoisotopic (exact) mass is 214 g/mol. The van der Waals surface area contributed by atoms with Gasteiger partial charge in [0.2, 0.25) is 5.82 Å². The number of hydrogen-bond donors (Lipinski definition) is 4. The first kappa shape index (κ1) is 11.6. The van der Waals surface area contributed by atoms with Gasteiger partial charge in [0.1, 0.15) is 5.82 Å². The van der Waals surface area contributed by atoms with Gasteiger partial charge in [0.05, 0.1) is 12.7 Å². The number of nitrogens with one attached hydrogen (secondary N) is 2. The molecule has 0 spiro atoms. The van der Waals surface area contributed by atoms with Crippen LogP contribution in [0.2, 0.25) is 0 Å². The van der Waals surface area contributed by atoms with Crippen LogP contribution in [0.4, 0.5) is 0 Å². The van der Waals surface area contributed by atoms with Crippen LogP contribution in [0.1, 0.15) is 23.4 Å². The average Bonchev–Trinajstić information content (AvgIpc) is 2.73. The van der Waals surface area contributed by atoms with Crippen molar-refractivity contribution in [2.24, 2.45) is 0 Å². The van der Waals surface area contributed by atoms with E-state index >= 15 is 0 Å². The summed E-state index contributed by atoms with van der Waals surface area (Å²) in [7, 11) is 0. The fourth-order valence-electron chi connectivity index (χ4n) is 0.909. The van der Waals surface area contributed by atoms with Crippen molar-refractivity contribution < 1.29 is 15.0 Å². The van der Waals surface area contributed by atoms with E-state index in [4.69, 9.17) is 10.2 Å². The molecule has 4 N–H and O–H groups in total. The van der Waals surface area contributed by atoms with E-state index in [1.54, 1.807) is 0 Å². The second-order valence-corrected chi connectivity index (χ2v) is 3.01. The van der Waals surface area contributed by atoms with E-state index in [0.717, 1.165) is 0 Å². The lowest BCUT2D eigenvalue weighted by Gasteiger charge is -2.06. The van der Waals surface area contributed by atoms with E-state index in [1.165, 1.54) is 0 Å². The van der Waals surface area contributed by atoms with Gasteiger partial charge in [0.25, 0.3) is 5.91 Å². The Balaban J connectivity index is 2.46. The van der Waals surface area contributed by atoms with Crippen LogP contribution < -0.4 is 5.32 Å². The predicted octanol–water partition coefficient (Wildman–Crippen LogP) is -1.55. The van der Waals surface area contributed by atoms with E-state index in [1.807, 2.05) is 6.92 Å². The Morgan fingerprint density at radius 3 is 2.93 bits per heavy atom. The molecule has 15 heavy (non-hydrogen) atoms. The fourth-order valence-corrected chi connectivity index (χ4v) is 0.909. The summed E-state index contributed by atoms with van der Waals surface area (Å²) in [6.45, 7) is 1.47. The number of carbonyl (C=O) groups excluding carboxylic acids is 1. The van der Waals surface area contributed by atoms with Gasteiger partial charge in [-0.1, -0.05) is 6.92 Å². The van der Waals surface area contributed by atoms with Crippen LogP contribution in [-0.4, -0.2) is 50.6 Å². The summed E-state index contributed by atoms with van der Waals surface area (Å²) >= 11 is 0. The number of aromatic nitrogens is 3. The van der Waals surface area contributed by atoms with Crippen molar-refractivity contribution in [3.8, 4) is 0 Å². The molecule has 0 saturated carbocycles. The van der Waals surface area contributed by atoms with Gasteiger partial charge in [-0.05, 0) is 0 Å². The zero-order chi connectivity index (χ0) is 11.3. The van der Waals surface area contributed by atoms with E-state index in [0.29, 0.717) is 12.2 Å². The quantitative estimate of drug-likeness (QED) is 0.474. The van der Waals surface area contributed by atoms with Gasteiger partial charge in [-0.25, -0.2) is 4.98 Å². The van der Waals surface area contributed by atoms with Crippen molar-refractivity contribution in [2.45, 2.75) is 19.4 Å². The van der Waals surface area contributed by atoms with E-state index in [2.05, 4.69) is 20.5 Å². The molecule has 1 aromatic rings. The lowest BCUT2D eigenvalue weighted by Crippen LogP contribution is -2.34. The Morgan fingerprint density at radius 2 is 2.40 bits per heavy atom. The molecule has 0 aliphatic carbocycles. The third-order valence-electron chi connectivity index (χ3n) is 1.78. The van der Waals surface area contributed by atoms with Gasteiger partial charge >= 0.3 is 0 Å². The summed E-state index contributed by atoms with van der Waals surface area (Å²) < 4.78 is 0. The minimum absolute atomic E-state index is 0.0225. The summed E-state index contributed by atoms with van der Waals surface area (Å²) in [4.78, 5) is 15.3. The van der Waals surface area contributed by atoms with Gasteiger partial charge in [0.15, 0.2) is 0 Å². The molecule has 0 saturated heterocycles. The second kappa shape index (κ2) is 5.42. The lowest BCUT2D eigenvalue weighted by molar-refractivity contribution is 0.0795. The molecule has 1 aromatic heterocycles. The highest BCUT2D eigenvalue weighted by Gasteiger charge is 2.12. The number of aliphatic hydroxyl groups excluding tert-OH is 2. The Labute approximate surface area is 86.5 Å². The molecule has 7 nitrogen and oxygen atoms in total. The van der Waals surface area contributed by atoms with Gasteiger partial charge < -0.3 is 15.5 Å². The molecule has 1 amide bonds. The van der Waals surface area contributed by atoms with Crippen LogP contribution >= 0.6 is 0 Å². The van der Waals surface area contributed by atoms with E-state index < -0.39 is 18.6 Å². The van der Waals surface area contributed by atoms with Gasteiger partial charge in [-0.3, -0.25) is 9.89 Å². The fraction of sp³-hybridized carbons (Fsp3) is 0.625. The van der Waals surface area contributed by atoms with Crippen LogP contribution in [0.5, 0.6) is 0 Å². The molecule has 0 radical (unpaired) electrons. The van der Waals surface area contributed by atoms with Crippen molar-refractivity contribution in [1.82, 2.24) is 20.5 Å². The van der Waals surface area contributed by atoms with Crippen molar-refractivity contribution in [1.29, 1.82) is 0 Å². The van der Waals surface area contributed by atoms with Crippen molar-refractivity contribution in [3.63, 3.8) is 0 Å². The maximum atomic E-state index is 11.3. The first-order valence-corrected chi connectivity index (χ1v) is 4.65. The minimum atomic E-state index is -0.960. The molecule has 0 aliphatic rings. The molecule has 0 aliphatic heterocycles. The highest BCUT2D eigenvalue weighted by atomic mass is 16.3. The molecule has 7 heteroatoms. The van der Waals surface area contributed by atoms with Crippen molar-refractivity contribution in [2.75, 3.05) is 13.2 Å². The van der Waals surface area contributed by atoms with Crippen LogP contribution in [-0.2, 0) is 6.42 Å². The molecule has 0 aromatic carbocycles. The number of rotatable bonds is 5. The topological polar surface area (TPSA) is 111 Å². The molecule has 1 unspecified atom stereocenters. The number of aliphatic hydroxyl groups is 2. The maximum absolute atomic E-state index is 11.3. The number of hydrogen-bond acceptors (Lipinski definition) is 5. The SMILES string of the molecule is CCc1nc(C(=O)NCC(O)CO)n[nH]1. The second-order valence-electron chi connectivity index (χ2n) is 3.01. The summed E-state index contributed by atoms with van der Waals surface area (Å²) in [5.74, 6) is 0.193. The zero-order valence-corrected chi connectivity index (χ0v) is 8.40. The highest BCUT2D eigenvalue weighted by Crippen LogP contribution is 1.93. The molecular weight excluding hydrogens is 200 g/mol. The molecule has 1 rings (SSSR count). The third kappa shape index (κ3) is 3.30. The van der Waals surface area contributed by atoms with Crippen LogP contribution in [0.25, 0.3) is 0 Å². The molecule has 1 atom stereocenters. The van der Waals surface area contributed by atoms with Crippen LogP contribution in [0.15, 0.2) is 0 Å². The number of carbonyl (C=O) groups is 1. The number of aromatic amines is 1. The third-order valence-corrected chi connectivity index (χ3v) is 1.78. The standard InChI is InChI=1S/C8H14N4O3/c1-2-6-10-7(12-11-6)8(15)9-3-5(14)4-13/h5,13-14H,2-4H2,1H3,(H,9,15)(H,10,11,12). The smallest absolute Gasteiger partial charge is 0.291 e. The van der Waals surface area contributed by atoms with Gasteiger partial charge in [-0.2, -0.15) is 0 Å². The Kier molecular flexibility index (Phi) is 4.19. The van der Waals surface area contributed by atoms with Gasteiger partial charge in [-0.15, -0.1) is 5.10 Å². The van der Waals surface area contributed by atoms with Gasteiger partial charge in [0, 0.05) is 13.0 Å². The molecule has 84 valence electrons. The number of amides is 1. The summed E-state index contributed by atoms with van der Waals surface area (Å²) in [5, 5.41) is 26.2. The number of H-pyrrole nitrogens is 1. The lowest BCUT2D eigenvalue weighted by atomic mass is 10.4. The number of nitrogens with zero attached hydrogens (tertiary/aromatic N) is 2. The maximum Gasteiger partial charge on any atom is 0.291 e. The largest absolute Gasteiger partial charge is 0.394 e. The molecule has 1 heterocycles. The van der Waals surface area contributed by atoms with E-state index in [9.17, 15) is 4.79 Å². The van der Waals surface area contributed by atoms with Crippen LogP contribution in [0, 0.1) is 0 Å². The molecule has 0 bridgehead atoms. The Bertz CT molecular complexity index is 325. The average molecular weight is 214 g/mol. The first-order valence-electron chi connectivity index (χ1n) is 4.65. The Hall–Kier alpha value is -1.47. The van der Waals surface area contributed by atoms with E-state index in [-0.39, 0.29) is 12.4 Å². The molecule has 0 fully saturated rings. The summed E-state index contributed by atoms with van der Waals surface area (Å²) in [5.41, 5.74) is 0. The summed E-state index contributed by atoms with van der Waals surface area (Å²) in [6.07, 6.45) is -0.293. The highest BCUT2D eigenvalue weighted by molar-refractivity contribution is 5.90. The normalized spacial score (nSPS) is 12.5. The predicted molar refractivity (Wildman–Crippen MR) is 51.2 cm³/mol. The minimum Gasteiger partial charge on any atom is -0.394 e. The first-order chi connectivity index (χ1) is 7.17. The molecular formula is C8H14N4O3. The van der Waals surface area contributed by atoms with Crippen molar-refractivity contribution in [3.05, 3.63) is 11.6 Å².